The van der Waals surface area contributed by atoms with E-state index in [9.17, 15) is 4.79 Å². The summed E-state index contributed by atoms with van der Waals surface area (Å²) in [5.74, 6) is 0.141. The van der Waals surface area contributed by atoms with Crippen LogP contribution in [0.5, 0.6) is 0 Å². The second kappa shape index (κ2) is 10.9. The summed E-state index contributed by atoms with van der Waals surface area (Å²) in [6.45, 7) is 9.28. The summed E-state index contributed by atoms with van der Waals surface area (Å²) in [5, 5.41) is 6.17. The molecule has 0 aromatic carbocycles. The van der Waals surface area contributed by atoms with Crippen LogP contribution in [0.25, 0.3) is 0 Å². The molecule has 0 aliphatic rings. The molecule has 1 amide bonds. The number of ether oxygens (including phenoxy) is 1. The van der Waals surface area contributed by atoms with E-state index < -0.39 is 0 Å². The van der Waals surface area contributed by atoms with E-state index in [0.717, 1.165) is 39.1 Å². The van der Waals surface area contributed by atoms with E-state index in [1.165, 1.54) is 0 Å². The van der Waals surface area contributed by atoms with E-state index >= 15 is 0 Å². The van der Waals surface area contributed by atoms with E-state index in [1.54, 1.807) is 0 Å². The minimum atomic E-state index is 0.141. The molecule has 0 heterocycles. The first kappa shape index (κ1) is 15.4. The van der Waals surface area contributed by atoms with Crippen molar-refractivity contribution in [2.24, 2.45) is 0 Å². The van der Waals surface area contributed by atoms with Crippen LogP contribution >= 0.6 is 0 Å². The van der Waals surface area contributed by atoms with E-state index in [4.69, 9.17) is 4.74 Å². The van der Waals surface area contributed by atoms with Crippen molar-refractivity contribution in [1.29, 1.82) is 0 Å². The molecule has 0 aliphatic heterocycles. The largest absolute Gasteiger partial charge is 0.382 e. The highest BCUT2D eigenvalue weighted by molar-refractivity contribution is 5.75. The fourth-order valence-corrected chi connectivity index (χ4v) is 1.27. The number of amides is 1. The summed E-state index contributed by atoms with van der Waals surface area (Å²) in [6.07, 6.45) is 2.40. The molecule has 16 heavy (non-hydrogen) atoms. The maximum absolute atomic E-state index is 11.3. The van der Waals surface area contributed by atoms with Crippen molar-refractivity contribution in [3.05, 3.63) is 0 Å². The lowest BCUT2D eigenvalue weighted by atomic mass is 10.2. The molecule has 4 heteroatoms. The molecular formula is C12H26N2O2. The number of carbonyl (C=O) groups excluding carboxylic acids is 1. The van der Waals surface area contributed by atoms with E-state index in [2.05, 4.69) is 24.5 Å². The molecule has 4 nitrogen and oxygen atoms in total. The van der Waals surface area contributed by atoms with Gasteiger partial charge in [0.2, 0.25) is 5.91 Å². The minimum Gasteiger partial charge on any atom is -0.382 e. The molecule has 0 radical (unpaired) electrons. The maximum Gasteiger partial charge on any atom is 0.220 e. The molecule has 0 aliphatic carbocycles. The summed E-state index contributed by atoms with van der Waals surface area (Å²) in [7, 11) is 0. The van der Waals surface area contributed by atoms with Gasteiger partial charge in [0.25, 0.3) is 0 Å². The zero-order valence-corrected chi connectivity index (χ0v) is 10.8. The zero-order chi connectivity index (χ0) is 12.2. The summed E-state index contributed by atoms with van der Waals surface area (Å²) in [4.78, 5) is 11.3. The Balaban J connectivity index is 3.18. The van der Waals surface area contributed by atoms with Crippen LogP contribution in [0.2, 0.25) is 0 Å². The number of rotatable bonds is 10. The number of carbonyl (C=O) groups is 1. The van der Waals surface area contributed by atoms with Gasteiger partial charge in [-0.15, -0.1) is 0 Å². The van der Waals surface area contributed by atoms with Gasteiger partial charge in [0.1, 0.15) is 0 Å². The van der Waals surface area contributed by atoms with Gasteiger partial charge < -0.3 is 15.4 Å². The number of nitrogens with one attached hydrogen (secondary N) is 2. The zero-order valence-electron chi connectivity index (χ0n) is 10.8. The molecule has 0 saturated carbocycles. The van der Waals surface area contributed by atoms with Gasteiger partial charge in [-0.2, -0.15) is 0 Å². The van der Waals surface area contributed by atoms with Crippen LogP contribution in [-0.4, -0.2) is 38.3 Å². The molecule has 0 rings (SSSR count). The lowest BCUT2D eigenvalue weighted by Gasteiger charge is -2.08. The molecule has 0 aromatic rings. The first-order chi connectivity index (χ1) is 7.66. The van der Waals surface area contributed by atoms with Crippen molar-refractivity contribution in [1.82, 2.24) is 10.6 Å². The molecule has 2 N–H and O–H groups in total. The van der Waals surface area contributed by atoms with E-state index in [-0.39, 0.29) is 5.91 Å². The van der Waals surface area contributed by atoms with Crippen LogP contribution < -0.4 is 10.6 Å². The number of hydrogen-bond donors (Lipinski definition) is 2. The molecule has 0 unspecified atom stereocenters. The predicted octanol–water partition coefficient (Wildman–Crippen LogP) is 1.31. The van der Waals surface area contributed by atoms with Crippen LogP contribution in [-0.2, 0) is 9.53 Å². The molecular weight excluding hydrogens is 204 g/mol. The Morgan fingerprint density at radius 1 is 1.25 bits per heavy atom. The normalized spacial score (nSPS) is 10.8. The molecule has 0 bridgehead atoms. The Labute approximate surface area is 99.1 Å². The predicted molar refractivity (Wildman–Crippen MR) is 66.5 cm³/mol. The molecule has 96 valence electrons. The van der Waals surface area contributed by atoms with Gasteiger partial charge in [-0.25, -0.2) is 0 Å². The standard InChI is InChI=1S/C12H26N2O2/c1-4-16-10-6-9-14-12(15)7-5-8-13-11(2)3/h11,13H,4-10H2,1-3H3,(H,14,15). The Hall–Kier alpha value is -0.610. The first-order valence-corrected chi connectivity index (χ1v) is 6.24. The van der Waals surface area contributed by atoms with Crippen LogP contribution in [0.15, 0.2) is 0 Å². The Morgan fingerprint density at radius 3 is 2.62 bits per heavy atom. The summed E-state index contributed by atoms with van der Waals surface area (Å²) < 4.78 is 5.18. The number of hydrogen-bond acceptors (Lipinski definition) is 3. The fraction of sp³-hybridized carbons (Fsp3) is 0.917. The van der Waals surface area contributed by atoms with Gasteiger partial charge in [0.05, 0.1) is 0 Å². The highest BCUT2D eigenvalue weighted by Crippen LogP contribution is 1.89. The van der Waals surface area contributed by atoms with Gasteiger partial charge in [0, 0.05) is 32.2 Å². The Kier molecular flexibility index (Phi) is 10.5. The molecule has 0 saturated heterocycles. The van der Waals surface area contributed by atoms with Gasteiger partial charge >= 0.3 is 0 Å². The molecule has 0 aromatic heterocycles. The van der Waals surface area contributed by atoms with Crippen molar-refractivity contribution in [3.8, 4) is 0 Å². The highest BCUT2D eigenvalue weighted by Gasteiger charge is 2.00. The minimum absolute atomic E-state index is 0.141. The van der Waals surface area contributed by atoms with Crippen LogP contribution in [0.4, 0.5) is 0 Å². The van der Waals surface area contributed by atoms with E-state index in [0.29, 0.717) is 12.5 Å². The van der Waals surface area contributed by atoms with Crippen molar-refractivity contribution >= 4 is 5.91 Å². The SMILES string of the molecule is CCOCCCNC(=O)CCCNC(C)C. The molecule has 0 spiro atoms. The van der Waals surface area contributed by atoms with Crippen molar-refractivity contribution in [2.45, 2.75) is 46.1 Å². The molecule has 0 fully saturated rings. The Morgan fingerprint density at radius 2 is 2.00 bits per heavy atom. The topological polar surface area (TPSA) is 50.4 Å². The molecule has 0 atom stereocenters. The quantitative estimate of drug-likeness (QED) is 0.556. The monoisotopic (exact) mass is 230 g/mol. The van der Waals surface area contributed by atoms with Crippen LogP contribution in [0.3, 0.4) is 0 Å². The van der Waals surface area contributed by atoms with Crippen molar-refractivity contribution < 1.29 is 9.53 Å². The average molecular weight is 230 g/mol. The first-order valence-electron chi connectivity index (χ1n) is 6.24. The Bertz CT molecular complexity index is 172. The second-order valence-corrected chi connectivity index (χ2v) is 4.11. The lowest BCUT2D eigenvalue weighted by molar-refractivity contribution is -0.121. The van der Waals surface area contributed by atoms with Crippen LogP contribution in [0.1, 0.15) is 40.0 Å². The third kappa shape index (κ3) is 11.5. The maximum atomic E-state index is 11.3. The van der Waals surface area contributed by atoms with Crippen molar-refractivity contribution in [2.75, 3.05) is 26.3 Å². The van der Waals surface area contributed by atoms with Gasteiger partial charge in [-0.3, -0.25) is 4.79 Å². The second-order valence-electron chi connectivity index (χ2n) is 4.11. The summed E-state index contributed by atoms with van der Waals surface area (Å²) in [5.41, 5.74) is 0. The van der Waals surface area contributed by atoms with Crippen molar-refractivity contribution in [3.63, 3.8) is 0 Å². The third-order valence-electron chi connectivity index (χ3n) is 2.12. The van der Waals surface area contributed by atoms with Crippen LogP contribution in [0, 0.1) is 0 Å². The fourth-order valence-electron chi connectivity index (χ4n) is 1.27. The smallest absolute Gasteiger partial charge is 0.220 e. The average Bonchev–Trinajstić information content (AvgIpc) is 2.24. The summed E-state index contributed by atoms with van der Waals surface area (Å²) in [6, 6.07) is 0.495. The third-order valence-corrected chi connectivity index (χ3v) is 2.12. The van der Waals surface area contributed by atoms with E-state index in [1.807, 2.05) is 6.92 Å². The summed E-state index contributed by atoms with van der Waals surface area (Å²) >= 11 is 0. The van der Waals surface area contributed by atoms with Gasteiger partial charge in [-0.1, -0.05) is 13.8 Å². The lowest BCUT2D eigenvalue weighted by Crippen LogP contribution is -2.28. The van der Waals surface area contributed by atoms with Gasteiger partial charge in [-0.05, 0) is 26.3 Å². The highest BCUT2D eigenvalue weighted by atomic mass is 16.5. The van der Waals surface area contributed by atoms with Gasteiger partial charge in [0.15, 0.2) is 0 Å².